The summed E-state index contributed by atoms with van der Waals surface area (Å²) in [6.45, 7) is 2.07. The smallest absolute Gasteiger partial charge is 0.258 e. The average Bonchev–Trinajstić information content (AvgIpc) is 2.47. The van der Waals surface area contributed by atoms with Gasteiger partial charge in [0.25, 0.3) is 0 Å². The van der Waals surface area contributed by atoms with Crippen LogP contribution in [-0.2, 0) is 6.42 Å². The Kier molecular flexibility index (Phi) is 5.69. The molecule has 0 bridgehead atoms. The molecule has 0 aliphatic heterocycles. The fraction of sp³-hybridized carbons (Fsp3) is 0.286. The number of nitro groups is 1. The summed E-state index contributed by atoms with van der Waals surface area (Å²) in [5.74, 6) is 0.898. The summed E-state index contributed by atoms with van der Waals surface area (Å²) < 4.78 is 0.975. The van der Waals surface area contributed by atoms with Crippen molar-refractivity contribution in [1.82, 2.24) is 9.97 Å². The van der Waals surface area contributed by atoms with Gasteiger partial charge < -0.3 is 0 Å². The molecule has 7 heteroatoms. The molecule has 0 N–H and O–H groups in total. The van der Waals surface area contributed by atoms with Crippen LogP contribution in [0.3, 0.4) is 0 Å². The van der Waals surface area contributed by atoms with Gasteiger partial charge in [-0.3, -0.25) is 10.1 Å². The maximum absolute atomic E-state index is 11.1. The molecule has 0 aliphatic rings. The number of thioether (sulfide) groups is 1. The van der Waals surface area contributed by atoms with Gasteiger partial charge in [-0.15, -0.1) is 0 Å². The second-order valence-corrected chi connectivity index (χ2v) is 6.37. The molecule has 0 aliphatic carbocycles. The monoisotopic (exact) mass is 367 g/mol. The van der Waals surface area contributed by atoms with E-state index in [1.807, 2.05) is 24.3 Å². The van der Waals surface area contributed by atoms with Crippen LogP contribution in [0.25, 0.3) is 0 Å². The number of hydrogen-bond acceptors (Lipinski definition) is 5. The quantitative estimate of drug-likeness (QED) is 0.330. The van der Waals surface area contributed by atoms with Crippen LogP contribution in [0, 0.1) is 10.1 Å². The molecular weight excluding hydrogens is 354 g/mol. The van der Waals surface area contributed by atoms with Crippen LogP contribution in [0.2, 0.25) is 0 Å². The Morgan fingerprint density at radius 3 is 2.67 bits per heavy atom. The molecule has 0 fully saturated rings. The molecule has 5 nitrogen and oxygen atoms in total. The minimum Gasteiger partial charge on any atom is -0.258 e. The predicted octanol–water partition coefficient (Wildman–Crippen LogP) is 4.24. The third-order valence-electron chi connectivity index (χ3n) is 2.74. The standard InChI is InChI=1S/C14H14BrN3O2S/c1-2-7-21-14-16-9-13(18(19)20)12(17-14)8-10-3-5-11(15)6-4-10/h3-6,9H,2,7-8H2,1H3. The third-order valence-corrected chi connectivity index (χ3v) is 4.34. The van der Waals surface area contributed by atoms with Crippen LogP contribution < -0.4 is 0 Å². The fourth-order valence-electron chi connectivity index (χ4n) is 1.73. The van der Waals surface area contributed by atoms with E-state index >= 15 is 0 Å². The van der Waals surface area contributed by atoms with Gasteiger partial charge in [0.1, 0.15) is 11.9 Å². The van der Waals surface area contributed by atoms with Gasteiger partial charge in [0.05, 0.1) is 4.92 Å². The topological polar surface area (TPSA) is 68.9 Å². The number of benzene rings is 1. The minimum absolute atomic E-state index is 0.0289. The van der Waals surface area contributed by atoms with E-state index in [0.29, 0.717) is 17.3 Å². The largest absolute Gasteiger partial charge is 0.309 e. The van der Waals surface area contributed by atoms with E-state index in [1.54, 1.807) is 0 Å². The van der Waals surface area contributed by atoms with E-state index in [1.165, 1.54) is 18.0 Å². The Hall–Kier alpha value is -1.47. The van der Waals surface area contributed by atoms with Gasteiger partial charge in [-0.1, -0.05) is 46.7 Å². The van der Waals surface area contributed by atoms with Gasteiger partial charge in [-0.25, -0.2) is 9.97 Å². The van der Waals surface area contributed by atoms with Crippen molar-refractivity contribution < 1.29 is 4.92 Å². The lowest BCUT2D eigenvalue weighted by Gasteiger charge is -2.05. The van der Waals surface area contributed by atoms with Crippen molar-refractivity contribution in [2.45, 2.75) is 24.9 Å². The molecular formula is C14H14BrN3O2S. The summed E-state index contributed by atoms with van der Waals surface area (Å²) in [6.07, 6.45) is 2.73. The molecule has 2 rings (SSSR count). The zero-order chi connectivity index (χ0) is 15.2. The molecule has 0 spiro atoms. The maximum atomic E-state index is 11.1. The van der Waals surface area contributed by atoms with Crippen LogP contribution >= 0.6 is 27.7 Å². The average molecular weight is 368 g/mol. The van der Waals surface area contributed by atoms with E-state index in [9.17, 15) is 10.1 Å². The number of halogens is 1. The van der Waals surface area contributed by atoms with Crippen molar-refractivity contribution in [3.05, 3.63) is 56.3 Å². The summed E-state index contributed by atoms with van der Waals surface area (Å²) in [4.78, 5) is 19.1. The highest BCUT2D eigenvalue weighted by Crippen LogP contribution is 2.23. The van der Waals surface area contributed by atoms with E-state index in [0.717, 1.165) is 22.2 Å². The zero-order valence-corrected chi connectivity index (χ0v) is 13.9. The van der Waals surface area contributed by atoms with E-state index in [4.69, 9.17) is 0 Å². The Bertz CT molecular complexity index is 635. The molecule has 0 amide bonds. The normalized spacial score (nSPS) is 10.6. The number of hydrogen-bond donors (Lipinski definition) is 0. The second-order valence-electron chi connectivity index (χ2n) is 4.39. The van der Waals surface area contributed by atoms with Gasteiger partial charge >= 0.3 is 5.69 Å². The van der Waals surface area contributed by atoms with E-state index in [-0.39, 0.29) is 5.69 Å². The summed E-state index contributed by atoms with van der Waals surface area (Å²) in [5, 5.41) is 11.7. The molecule has 0 atom stereocenters. The number of aromatic nitrogens is 2. The first kappa shape index (κ1) is 15.9. The summed E-state index contributed by atoms with van der Waals surface area (Å²) in [5.41, 5.74) is 1.40. The van der Waals surface area contributed by atoms with Crippen molar-refractivity contribution in [3.8, 4) is 0 Å². The van der Waals surface area contributed by atoms with Crippen LogP contribution in [0.4, 0.5) is 5.69 Å². The van der Waals surface area contributed by atoms with Gasteiger partial charge in [0.15, 0.2) is 5.16 Å². The molecule has 1 aromatic carbocycles. The van der Waals surface area contributed by atoms with Crippen molar-refractivity contribution in [1.29, 1.82) is 0 Å². The zero-order valence-electron chi connectivity index (χ0n) is 11.5. The molecule has 1 aromatic heterocycles. The van der Waals surface area contributed by atoms with Crippen molar-refractivity contribution in [2.24, 2.45) is 0 Å². The summed E-state index contributed by atoms with van der Waals surface area (Å²) >= 11 is 4.89. The lowest BCUT2D eigenvalue weighted by Crippen LogP contribution is -2.03. The third kappa shape index (κ3) is 4.50. The van der Waals surface area contributed by atoms with E-state index < -0.39 is 4.92 Å². The minimum atomic E-state index is -0.428. The molecule has 1 heterocycles. The van der Waals surface area contributed by atoms with Gasteiger partial charge in [-0.2, -0.15) is 0 Å². The molecule has 0 radical (unpaired) electrons. The van der Waals surface area contributed by atoms with Gasteiger partial charge in [0, 0.05) is 16.6 Å². The van der Waals surface area contributed by atoms with Crippen molar-refractivity contribution in [3.63, 3.8) is 0 Å². The molecule has 0 saturated heterocycles. The number of nitrogens with zero attached hydrogens (tertiary/aromatic N) is 3. The van der Waals surface area contributed by atoms with E-state index in [2.05, 4.69) is 32.8 Å². The summed E-state index contributed by atoms with van der Waals surface area (Å²) in [6, 6.07) is 7.67. The van der Waals surface area contributed by atoms with Crippen molar-refractivity contribution in [2.75, 3.05) is 5.75 Å². The van der Waals surface area contributed by atoms with Gasteiger partial charge in [-0.05, 0) is 24.1 Å². The fourth-order valence-corrected chi connectivity index (χ4v) is 2.69. The predicted molar refractivity (Wildman–Crippen MR) is 86.6 cm³/mol. The first-order valence-corrected chi connectivity index (χ1v) is 8.25. The molecule has 21 heavy (non-hydrogen) atoms. The molecule has 0 unspecified atom stereocenters. The SMILES string of the molecule is CCCSc1ncc([N+](=O)[O-])c(Cc2ccc(Br)cc2)n1. The Labute approximate surface area is 135 Å². The Balaban J connectivity index is 2.29. The molecule has 2 aromatic rings. The highest BCUT2D eigenvalue weighted by molar-refractivity contribution is 9.10. The van der Waals surface area contributed by atoms with Crippen LogP contribution in [0.5, 0.6) is 0 Å². The van der Waals surface area contributed by atoms with Crippen LogP contribution in [0.1, 0.15) is 24.6 Å². The Morgan fingerprint density at radius 1 is 1.33 bits per heavy atom. The maximum Gasteiger partial charge on any atom is 0.309 e. The Morgan fingerprint density at radius 2 is 2.05 bits per heavy atom. The highest BCUT2D eigenvalue weighted by atomic mass is 79.9. The van der Waals surface area contributed by atoms with Crippen LogP contribution in [0.15, 0.2) is 40.1 Å². The lowest BCUT2D eigenvalue weighted by molar-refractivity contribution is -0.386. The molecule has 110 valence electrons. The second kappa shape index (κ2) is 7.51. The summed E-state index contributed by atoms with van der Waals surface area (Å²) in [7, 11) is 0. The molecule has 0 saturated carbocycles. The first-order valence-electron chi connectivity index (χ1n) is 6.47. The highest BCUT2D eigenvalue weighted by Gasteiger charge is 2.17. The van der Waals surface area contributed by atoms with Crippen molar-refractivity contribution >= 4 is 33.4 Å². The first-order chi connectivity index (χ1) is 10.1. The van der Waals surface area contributed by atoms with Gasteiger partial charge in [0.2, 0.25) is 0 Å². The van der Waals surface area contributed by atoms with Crippen LogP contribution in [-0.4, -0.2) is 20.6 Å². The lowest BCUT2D eigenvalue weighted by atomic mass is 10.1. The number of rotatable bonds is 6.